The summed E-state index contributed by atoms with van der Waals surface area (Å²) in [4.78, 5) is 3.86. The number of ether oxygens (including phenoxy) is 1. The van der Waals surface area contributed by atoms with Crippen LogP contribution >= 0.6 is 0 Å². The fourth-order valence-corrected chi connectivity index (χ4v) is 0.748. The van der Waals surface area contributed by atoms with E-state index in [1.165, 1.54) is 6.92 Å². The molecule has 1 heterocycles. The molecule has 0 aliphatic carbocycles. The molecule has 0 saturated carbocycles. The molecule has 1 aromatic heterocycles. The lowest BCUT2D eigenvalue weighted by Crippen LogP contribution is -2.06. The van der Waals surface area contributed by atoms with E-state index in [1.807, 2.05) is 13.0 Å². The summed E-state index contributed by atoms with van der Waals surface area (Å²) < 4.78 is 17.1. The number of aromatic nitrogens is 1. The molecule has 2 nitrogen and oxygen atoms in total. The van der Waals surface area contributed by atoms with Gasteiger partial charge in [0, 0.05) is 18.7 Å². The minimum Gasteiger partial charge on any atom is -0.443 e. The average molecular weight is 155 g/mol. The quantitative estimate of drug-likeness (QED) is 0.652. The van der Waals surface area contributed by atoms with E-state index in [9.17, 15) is 4.39 Å². The van der Waals surface area contributed by atoms with Crippen molar-refractivity contribution >= 4 is 0 Å². The van der Waals surface area contributed by atoms with Crippen LogP contribution in [-0.2, 0) is 0 Å². The van der Waals surface area contributed by atoms with Crippen LogP contribution in [-0.4, -0.2) is 11.3 Å². The molecule has 0 aliphatic heterocycles. The molecule has 3 heteroatoms. The third-order valence-corrected chi connectivity index (χ3v) is 1.24. The summed E-state index contributed by atoms with van der Waals surface area (Å²) in [5.41, 5.74) is 0.844. The van der Waals surface area contributed by atoms with Crippen LogP contribution in [0.25, 0.3) is 0 Å². The summed E-state index contributed by atoms with van der Waals surface area (Å²) in [6, 6.07) is 3.61. The van der Waals surface area contributed by atoms with Crippen LogP contribution in [0.2, 0.25) is 0 Å². The standard InChI is InChI=1S/C8H10FNO/c1-6-4-3-5-10-8(6)11-7(2)9/h3-5,7H,1-2H3. The smallest absolute Gasteiger partial charge is 0.237 e. The van der Waals surface area contributed by atoms with E-state index in [2.05, 4.69) is 4.98 Å². The molecule has 1 atom stereocenters. The highest BCUT2D eigenvalue weighted by atomic mass is 19.1. The number of nitrogens with zero attached hydrogens (tertiary/aromatic N) is 1. The molecule has 0 bridgehead atoms. The third kappa shape index (κ3) is 2.18. The molecule has 0 spiro atoms. The Kier molecular flexibility index (Phi) is 2.41. The molecular weight excluding hydrogens is 145 g/mol. The lowest BCUT2D eigenvalue weighted by molar-refractivity contribution is 0.0801. The predicted molar refractivity (Wildman–Crippen MR) is 40.2 cm³/mol. The van der Waals surface area contributed by atoms with Crippen LogP contribution in [0, 0.1) is 6.92 Å². The monoisotopic (exact) mass is 155 g/mol. The van der Waals surface area contributed by atoms with Gasteiger partial charge in [-0.2, -0.15) is 0 Å². The van der Waals surface area contributed by atoms with Crippen molar-refractivity contribution in [3.63, 3.8) is 0 Å². The molecule has 0 aromatic carbocycles. The van der Waals surface area contributed by atoms with Gasteiger partial charge in [0.25, 0.3) is 0 Å². The van der Waals surface area contributed by atoms with Crippen molar-refractivity contribution in [2.24, 2.45) is 0 Å². The molecule has 0 aliphatic rings. The van der Waals surface area contributed by atoms with Gasteiger partial charge in [0.2, 0.25) is 12.2 Å². The van der Waals surface area contributed by atoms with Crippen LogP contribution < -0.4 is 4.74 Å². The number of pyridine rings is 1. The maximum Gasteiger partial charge on any atom is 0.237 e. The lowest BCUT2D eigenvalue weighted by atomic mass is 10.3. The molecule has 11 heavy (non-hydrogen) atoms. The second-order valence-corrected chi connectivity index (χ2v) is 2.29. The maximum absolute atomic E-state index is 12.3. The summed E-state index contributed by atoms with van der Waals surface area (Å²) >= 11 is 0. The molecule has 0 fully saturated rings. The Morgan fingerprint density at radius 2 is 2.36 bits per heavy atom. The molecule has 1 aromatic rings. The van der Waals surface area contributed by atoms with E-state index in [0.717, 1.165) is 5.56 Å². The van der Waals surface area contributed by atoms with Crippen molar-refractivity contribution < 1.29 is 9.13 Å². The zero-order valence-corrected chi connectivity index (χ0v) is 6.54. The first-order chi connectivity index (χ1) is 5.20. The third-order valence-electron chi connectivity index (χ3n) is 1.24. The Balaban J connectivity index is 2.78. The van der Waals surface area contributed by atoms with Crippen molar-refractivity contribution in [3.8, 4) is 5.88 Å². The fourth-order valence-electron chi connectivity index (χ4n) is 0.748. The maximum atomic E-state index is 12.3. The molecule has 1 rings (SSSR count). The molecule has 60 valence electrons. The molecule has 0 amide bonds. The summed E-state index contributed by atoms with van der Waals surface area (Å²) in [7, 11) is 0. The minimum absolute atomic E-state index is 0.363. The number of halogens is 1. The van der Waals surface area contributed by atoms with Gasteiger partial charge in [-0.3, -0.25) is 0 Å². The van der Waals surface area contributed by atoms with Gasteiger partial charge in [-0.05, 0) is 13.0 Å². The topological polar surface area (TPSA) is 22.1 Å². The lowest BCUT2D eigenvalue weighted by Gasteiger charge is -2.06. The molecule has 1 unspecified atom stereocenters. The van der Waals surface area contributed by atoms with Crippen molar-refractivity contribution in [2.75, 3.05) is 0 Å². The van der Waals surface area contributed by atoms with Crippen LogP contribution in [0.1, 0.15) is 12.5 Å². The van der Waals surface area contributed by atoms with Crippen molar-refractivity contribution in [3.05, 3.63) is 23.9 Å². The Morgan fingerprint density at radius 3 is 2.91 bits per heavy atom. The van der Waals surface area contributed by atoms with Crippen LogP contribution in [0.4, 0.5) is 4.39 Å². The van der Waals surface area contributed by atoms with Gasteiger partial charge in [-0.1, -0.05) is 6.07 Å². The van der Waals surface area contributed by atoms with E-state index < -0.39 is 6.36 Å². The Hall–Kier alpha value is -1.12. The summed E-state index contributed by atoms with van der Waals surface area (Å²) in [5, 5.41) is 0. The molecule has 0 radical (unpaired) electrons. The SMILES string of the molecule is Cc1cccnc1OC(C)F. The Bertz CT molecular complexity index is 237. The zero-order valence-electron chi connectivity index (χ0n) is 6.54. The van der Waals surface area contributed by atoms with Crippen molar-refractivity contribution in [1.29, 1.82) is 0 Å². The van der Waals surface area contributed by atoms with E-state index in [0.29, 0.717) is 5.88 Å². The number of hydrogen-bond acceptors (Lipinski definition) is 2. The van der Waals surface area contributed by atoms with Gasteiger partial charge in [0.15, 0.2) is 0 Å². The highest BCUT2D eigenvalue weighted by Gasteiger charge is 2.03. The second kappa shape index (κ2) is 3.32. The summed E-state index contributed by atoms with van der Waals surface area (Å²) in [6.45, 7) is 3.15. The number of aryl methyl sites for hydroxylation is 1. The fraction of sp³-hybridized carbons (Fsp3) is 0.375. The first-order valence-electron chi connectivity index (χ1n) is 3.42. The van der Waals surface area contributed by atoms with Gasteiger partial charge in [0.1, 0.15) is 0 Å². The van der Waals surface area contributed by atoms with Gasteiger partial charge in [-0.15, -0.1) is 0 Å². The van der Waals surface area contributed by atoms with Crippen LogP contribution in [0.15, 0.2) is 18.3 Å². The molecular formula is C8H10FNO. The van der Waals surface area contributed by atoms with Gasteiger partial charge >= 0.3 is 0 Å². The Morgan fingerprint density at radius 1 is 1.64 bits per heavy atom. The number of alkyl halides is 1. The van der Waals surface area contributed by atoms with Gasteiger partial charge < -0.3 is 4.74 Å². The van der Waals surface area contributed by atoms with Crippen LogP contribution in [0.3, 0.4) is 0 Å². The van der Waals surface area contributed by atoms with Gasteiger partial charge in [-0.25, -0.2) is 9.37 Å². The van der Waals surface area contributed by atoms with Crippen LogP contribution in [0.5, 0.6) is 5.88 Å². The second-order valence-electron chi connectivity index (χ2n) is 2.29. The molecule has 0 N–H and O–H groups in total. The first kappa shape index (κ1) is 7.98. The number of hydrogen-bond donors (Lipinski definition) is 0. The highest BCUT2D eigenvalue weighted by Crippen LogP contribution is 2.13. The van der Waals surface area contributed by atoms with E-state index in [4.69, 9.17) is 4.74 Å². The van der Waals surface area contributed by atoms with E-state index in [1.54, 1.807) is 12.3 Å². The highest BCUT2D eigenvalue weighted by molar-refractivity contribution is 5.23. The normalized spacial score (nSPS) is 12.6. The van der Waals surface area contributed by atoms with Gasteiger partial charge in [0.05, 0.1) is 0 Å². The largest absolute Gasteiger partial charge is 0.443 e. The average Bonchev–Trinajstić information content (AvgIpc) is 1.93. The van der Waals surface area contributed by atoms with Crippen molar-refractivity contribution in [1.82, 2.24) is 4.98 Å². The van der Waals surface area contributed by atoms with E-state index >= 15 is 0 Å². The Labute approximate surface area is 65.0 Å². The van der Waals surface area contributed by atoms with Crippen molar-refractivity contribution in [2.45, 2.75) is 20.2 Å². The number of rotatable bonds is 2. The molecule has 0 saturated heterocycles. The van der Waals surface area contributed by atoms with E-state index in [-0.39, 0.29) is 0 Å². The summed E-state index contributed by atoms with van der Waals surface area (Å²) in [5.74, 6) is 0.363. The predicted octanol–water partition coefficient (Wildman–Crippen LogP) is 2.08. The minimum atomic E-state index is -1.30. The summed E-state index contributed by atoms with van der Waals surface area (Å²) in [6.07, 6.45) is 0.272. The first-order valence-corrected chi connectivity index (χ1v) is 3.42. The zero-order chi connectivity index (χ0) is 8.27.